The molecule has 1 aliphatic heterocycles. The minimum absolute atomic E-state index is 0.118. The Morgan fingerprint density at radius 2 is 2.07 bits per heavy atom. The summed E-state index contributed by atoms with van der Waals surface area (Å²) in [6.45, 7) is 3.96. The molecule has 3 aromatic rings. The van der Waals surface area contributed by atoms with Gasteiger partial charge in [-0.1, -0.05) is 23.7 Å². The number of carbonyl (C=O) groups excluding carboxylic acids is 1. The van der Waals surface area contributed by atoms with Crippen molar-refractivity contribution in [2.24, 2.45) is 0 Å². The molecule has 0 spiro atoms. The van der Waals surface area contributed by atoms with Gasteiger partial charge in [-0.25, -0.2) is 4.98 Å². The summed E-state index contributed by atoms with van der Waals surface area (Å²) in [4.78, 5) is 22.4. The van der Waals surface area contributed by atoms with Gasteiger partial charge in [0.25, 0.3) is 5.91 Å². The quantitative estimate of drug-likeness (QED) is 0.664. The highest BCUT2D eigenvalue weighted by atomic mass is 35.5. The first kappa shape index (κ1) is 18.7. The van der Waals surface area contributed by atoms with Crippen molar-refractivity contribution in [1.29, 1.82) is 0 Å². The molecule has 1 aliphatic rings. The van der Waals surface area contributed by atoms with E-state index in [0.29, 0.717) is 16.5 Å². The monoisotopic (exact) mass is 400 g/mol. The van der Waals surface area contributed by atoms with E-state index in [1.54, 1.807) is 18.2 Å². The summed E-state index contributed by atoms with van der Waals surface area (Å²) in [6, 6.07) is 12.6. The molecule has 1 amide bonds. The maximum atomic E-state index is 12.2. The summed E-state index contributed by atoms with van der Waals surface area (Å²) in [7, 11) is 0. The van der Waals surface area contributed by atoms with Gasteiger partial charge >= 0.3 is 0 Å². The van der Waals surface area contributed by atoms with Crippen LogP contribution in [-0.4, -0.2) is 53.7 Å². The Balaban J connectivity index is 1.37. The van der Waals surface area contributed by atoms with Gasteiger partial charge < -0.3 is 19.8 Å². The smallest absolute Gasteiger partial charge is 0.262 e. The van der Waals surface area contributed by atoms with Crippen molar-refractivity contribution in [3.63, 3.8) is 0 Å². The third-order valence-electron chi connectivity index (χ3n) is 4.49. The Morgan fingerprint density at radius 3 is 2.89 bits per heavy atom. The molecule has 8 heteroatoms. The van der Waals surface area contributed by atoms with Crippen LogP contribution in [0.1, 0.15) is 5.82 Å². The van der Waals surface area contributed by atoms with Gasteiger partial charge in [0.05, 0.1) is 35.8 Å². The summed E-state index contributed by atoms with van der Waals surface area (Å²) >= 11 is 6.03. The van der Waals surface area contributed by atoms with Gasteiger partial charge in [0.2, 0.25) is 0 Å². The lowest BCUT2D eigenvalue weighted by Crippen LogP contribution is -2.35. The fourth-order valence-electron chi connectivity index (χ4n) is 3.09. The molecule has 2 heterocycles. The van der Waals surface area contributed by atoms with E-state index in [2.05, 4.69) is 20.2 Å². The van der Waals surface area contributed by atoms with Crippen LogP contribution < -0.4 is 10.1 Å². The number of anilines is 1. The van der Waals surface area contributed by atoms with E-state index in [9.17, 15) is 4.79 Å². The molecule has 0 unspecified atom stereocenters. The molecule has 0 atom stereocenters. The summed E-state index contributed by atoms with van der Waals surface area (Å²) in [5.41, 5.74) is 2.43. The van der Waals surface area contributed by atoms with Crippen LogP contribution >= 0.6 is 11.6 Å². The molecule has 1 aromatic heterocycles. The topological polar surface area (TPSA) is 79.5 Å². The molecule has 146 valence electrons. The van der Waals surface area contributed by atoms with Crippen LogP contribution in [0.3, 0.4) is 0 Å². The number of ether oxygens (including phenoxy) is 2. The third-order valence-corrected chi connectivity index (χ3v) is 4.80. The number of H-pyrrole nitrogens is 1. The first-order valence-corrected chi connectivity index (χ1v) is 9.51. The highest BCUT2D eigenvalue weighted by Gasteiger charge is 2.13. The summed E-state index contributed by atoms with van der Waals surface area (Å²) in [5.74, 6) is 1.13. The number of nitrogens with zero attached hydrogens (tertiary/aromatic N) is 2. The van der Waals surface area contributed by atoms with Crippen molar-refractivity contribution in [1.82, 2.24) is 14.9 Å². The third kappa shape index (κ3) is 4.62. The number of hydrogen-bond donors (Lipinski definition) is 2. The van der Waals surface area contributed by atoms with E-state index < -0.39 is 0 Å². The van der Waals surface area contributed by atoms with E-state index >= 15 is 0 Å². The van der Waals surface area contributed by atoms with Crippen molar-refractivity contribution < 1.29 is 14.3 Å². The molecule has 7 nitrogen and oxygen atoms in total. The fourth-order valence-corrected chi connectivity index (χ4v) is 3.28. The highest BCUT2D eigenvalue weighted by molar-refractivity contribution is 6.32. The largest absolute Gasteiger partial charge is 0.482 e. The summed E-state index contributed by atoms with van der Waals surface area (Å²) in [6.07, 6.45) is 0. The molecule has 2 aromatic carbocycles. The Kier molecular flexibility index (Phi) is 5.76. The summed E-state index contributed by atoms with van der Waals surface area (Å²) in [5, 5.41) is 3.31. The van der Waals surface area contributed by atoms with Gasteiger partial charge in [-0.05, 0) is 30.3 Å². The minimum Gasteiger partial charge on any atom is -0.482 e. The van der Waals surface area contributed by atoms with E-state index in [1.807, 2.05) is 24.3 Å². The van der Waals surface area contributed by atoms with Crippen LogP contribution in [0.5, 0.6) is 5.75 Å². The maximum absolute atomic E-state index is 12.2. The number of fused-ring (bicyclic) bond motifs is 1. The minimum atomic E-state index is -0.257. The van der Waals surface area contributed by atoms with Gasteiger partial charge in [0, 0.05) is 18.8 Å². The number of para-hydroxylation sites is 1. The normalized spacial score (nSPS) is 14.9. The van der Waals surface area contributed by atoms with Crippen LogP contribution in [0.4, 0.5) is 5.69 Å². The number of rotatable bonds is 6. The predicted molar refractivity (Wildman–Crippen MR) is 108 cm³/mol. The molecule has 0 saturated carbocycles. The SMILES string of the molecule is O=C(COc1ccccc1Cl)Nc1ccc2nc(CN3CCOCC3)[nH]c2c1. The number of morpholine rings is 1. The Labute approximate surface area is 167 Å². The van der Waals surface area contributed by atoms with Gasteiger partial charge in [-0.2, -0.15) is 0 Å². The molecule has 1 saturated heterocycles. The van der Waals surface area contributed by atoms with Crippen molar-refractivity contribution in [3.8, 4) is 5.75 Å². The number of aromatic nitrogens is 2. The lowest BCUT2D eigenvalue weighted by Gasteiger charge is -2.25. The molecule has 0 bridgehead atoms. The van der Waals surface area contributed by atoms with Crippen LogP contribution in [0.15, 0.2) is 42.5 Å². The van der Waals surface area contributed by atoms with Crippen molar-refractivity contribution in [3.05, 3.63) is 53.3 Å². The first-order valence-electron chi connectivity index (χ1n) is 9.13. The zero-order valence-electron chi connectivity index (χ0n) is 15.3. The molecular weight excluding hydrogens is 380 g/mol. The number of aromatic amines is 1. The second-order valence-electron chi connectivity index (χ2n) is 6.57. The molecule has 0 aliphatic carbocycles. The van der Waals surface area contributed by atoms with Gasteiger partial charge in [0.15, 0.2) is 6.61 Å². The average molecular weight is 401 g/mol. The molecular formula is C20H21ClN4O3. The second kappa shape index (κ2) is 8.60. The van der Waals surface area contributed by atoms with Crippen LogP contribution in [0.2, 0.25) is 5.02 Å². The molecule has 2 N–H and O–H groups in total. The van der Waals surface area contributed by atoms with E-state index in [4.69, 9.17) is 21.1 Å². The number of halogens is 1. The Hall–Kier alpha value is -2.61. The fraction of sp³-hybridized carbons (Fsp3) is 0.300. The summed E-state index contributed by atoms with van der Waals surface area (Å²) < 4.78 is 10.8. The molecule has 1 fully saturated rings. The average Bonchev–Trinajstić information content (AvgIpc) is 3.09. The van der Waals surface area contributed by atoms with Crippen LogP contribution in [0, 0.1) is 0 Å². The lowest BCUT2D eigenvalue weighted by atomic mass is 10.3. The Bertz CT molecular complexity index is 969. The van der Waals surface area contributed by atoms with Crippen molar-refractivity contribution in [2.45, 2.75) is 6.54 Å². The number of imidazole rings is 1. The lowest BCUT2D eigenvalue weighted by molar-refractivity contribution is -0.118. The molecule has 4 rings (SSSR count). The maximum Gasteiger partial charge on any atom is 0.262 e. The molecule has 0 radical (unpaired) electrons. The number of amides is 1. The standard InChI is InChI=1S/C20H21ClN4O3/c21-15-3-1-2-4-18(15)28-13-20(26)22-14-5-6-16-17(11-14)24-19(23-16)12-25-7-9-27-10-8-25/h1-6,11H,7-10,12-13H2,(H,22,26)(H,23,24). The number of nitrogens with one attached hydrogen (secondary N) is 2. The van der Waals surface area contributed by atoms with Gasteiger partial charge in [0.1, 0.15) is 11.6 Å². The zero-order chi connectivity index (χ0) is 19.3. The van der Waals surface area contributed by atoms with E-state index in [1.165, 1.54) is 0 Å². The van der Waals surface area contributed by atoms with Crippen LogP contribution in [0.25, 0.3) is 11.0 Å². The van der Waals surface area contributed by atoms with Crippen molar-refractivity contribution in [2.75, 3.05) is 38.2 Å². The number of benzene rings is 2. The number of hydrogen-bond acceptors (Lipinski definition) is 5. The van der Waals surface area contributed by atoms with Gasteiger partial charge in [-0.15, -0.1) is 0 Å². The number of carbonyl (C=O) groups is 1. The van der Waals surface area contributed by atoms with Crippen molar-refractivity contribution >= 4 is 34.2 Å². The van der Waals surface area contributed by atoms with E-state index in [-0.39, 0.29) is 12.5 Å². The Morgan fingerprint density at radius 1 is 1.25 bits per heavy atom. The van der Waals surface area contributed by atoms with E-state index in [0.717, 1.165) is 49.7 Å². The van der Waals surface area contributed by atoms with Gasteiger partial charge in [-0.3, -0.25) is 9.69 Å². The first-order chi connectivity index (χ1) is 13.7. The molecule has 28 heavy (non-hydrogen) atoms. The van der Waals surface area contributed by atoms with Crippen LogP contribution in [-0.2, 0) is 16.1 Å². The zero-order valence-corrected chi connectivity index (χ0v) is 16.0. The predicted octanol–water partition coefficient (Wildman–Crippen LogP) is 3.07. The highest BCUT2D eigenvalue weighted by Crippen LogP contribution is 2.23. The second-order valence-corrected chi connectivity index (χ2v) is 6.98.